The van der Waals surface area contributed by atoms with Gasteiger partial charge < -0.3 is 14.8 Å². The van der Waals surface area contributed by atoms with Gasteiger partial charge in [0, 0.05) is 42.3 Å². The number of aromatic nitrogens is 2. The maximum Gasteiger partial charge on any atom is 0.251 e. The molecule has 4 rings (SSSR count). The van der Waals surface area contributed by atoms with Gasteiger partial charge in [-0.15, -0.1) is 0 Å². The first-order valence-electron chi connectivity index (χ1n) is 9.91. The van der Waals surface area contributed by atoms with Crippen molar-refractivity contribution < 1.29 is 9.59 Å². The third kappa shape index (κ3) is 4.21. The molecule has 1 atom stereocenters. The molecule has 0 bridgehead atoms. The second-order valence-electron chi connectivity index (χ2n) is 7.31. The van der Waals surface area contributed by atoms with E-state index in [4.69, 9.17) is 0 Å². The fraction of sp³-hybridized carbons (Fsp3) is 0.261. The van der Waals surface area contributed by atoms with Crippen LogP contribution in [0.3, 0.4) is 0 Å². The molecule has 1 N–H and O–H groups in total. The lowest BCUT2D eigenvalue weighted by molar-refractivity contribution is -0.119. The number of imidazole rings is 1. The molecule has 2 aromatic carbocycles. The largest absolute Gasteiger partial charge is 0.346 e. The molecule has 1 saturated heterocycles. The van der Waals surface area contributed by atoms with Gasteiger partial charge in [0.15, 0.2) is 0 Å². The number of carbonyl (C=O) groups excluding carboxylic acids is 2. The van der Waals surface area contributed by atoms with E-state index in [1.165, 1.54) is 0 Å². The van der Waals surface area contributed by atoms with Gasteiger partial charge in [-0.05, 0) is 61.7 Å². The van der Waals surface area contributed by atoms with Crippen LogP contribution in [0, 0.1) is 0 Å². The lowest BCUT2D eigenvalue weighted by atomic mass is 10.1. The quantitative estimate of drug-likeness (QED) is 0.721. The summed E-state index contributed by atoms with van der Waals surface area (Å²) in [7, 11) is 0. The molecule has 1 aliphatic heterocycles. The molecular formula is C23H24N4O2. The van der Waals surface area contributed by atoms with Crippen LogP contribution < -0.4 is 10.2 Å². The molecule has 1 unspecified atom stereocenters. The molecule has 0 saturated carbocycles. The highest BCUT2D eigenvalue weighted by atomic mass is 16.2. The fourth-order valence-electron chi connectivity index (χ4n) is 3.58. The molecule has 6 heteroatoms. The van der Waals surface area contributed by atoms with E-state index >= 15 is 0 Å². The summed E-state index contributed by atoms with van der Waals surface area (Å²) in [5, 5.41) is 3.04. The first kappa shape index (κ1) is 18.9. The Kier molecular flexibility index (Phi) is 5.42. The van der Waals surface area contributed by atoms with E-state index in [9.17, 15) is 9.59 Å². The number of nitrogens with one attached hydrogen (secondary N) is 1. The van der Waals surface area contributed by atoms with Crippen LogP contribution in [0.5, 0.6) is 0 Å². The SMILES string of the molecule is CC(NC(=O)c1ccc(N2CCCCC2=O)cc1)c1ccc(-n2ccnc2)cc1. The summed E-state index contributed by atoms with van der Waals surface area (Å²) in [6.07, 6.45) is 7.95. The molecule has 1 fully saturated rings. The minimum atomic E-state index is -0.132. The zero-order valence-corrected chi connectivity index (χ0v) is 16.4. The Labute approximate surface area is 170 Å². The van der Waals surface area contributed by atoms with Crippen LogP contribution in [0.4, 0.5) is 5.69 Å². The standard InChI is InChI=1S/C23H24N4O2/c1-17(18-5-9-20(10-6-18)26-15-13-24-16-26)25-23(29)19-7-11-21(12-8-19)27-14-3-2-4-22(27)28/h5-13,15-17H,2-4,14H2,1H3,(H,25,29). The molecule has 3 aromatic rings. The molecule has 1 aromatic heterocycles. The number of benzene rings is 2. The van der Waals surface area contributed by atoms with E-state index in [0.717, 1.165) is 36.3 Å². The van der Waals surface area contributed by atoms with Crippen molar-refractivity contribution in [3.8, 4) is 5.69 Å². The Morgan fingerprint density at radius 3 is 2.41 bits per heavy atom. The van der Waals surface area contributed by atoms with E-state index in [1.807, 2.05) is 54.1 Å². The first-order chi connectivity index (χ1) is 14.1. The predicted molar refractivity (Wildman–Crippen MR) is 112 cm³/mol. The van der Waals surface area contributed by atoms with Crippen LogP contribution in [0.15, 0.2) is 67.3 Å². The van der Waals surface area contributed by atoms with Crippen LogP contribution in [-0.4, -0.2) is 27.9 Å². The maximum absolute atomic E-state index is 12.6. The normalized spacial score (nSPS) is 15.2. The predicted octanol–water partition coefficient (Wildman–Crippen LogP) is 3.88. The zero-order valence-electron chi connectivity index (χ0n) is 16.4. The molecular weight excluding hydrogens is 364 g/mol. The topological polar surface area (TPSA) is 67.2 Å². The molecule has 6 nitrogen and oxygen atoms in total. The average Bonchev–Trinajstić information content (AvgIpc) is 3.29. The van der Waals surface area contributed by atoms with E-state index in [-0.39, 0.29) is 17.9 Å². The van der Waals surface area contributed by atoms with Crippen molar-refractivity contribution >= 4 is 17.5 Å². The van der Waals surface area contributed by atoms with E-state index < -0.39 is 0 Å². The summed E-state index contributed by atoms with van der Waals surface area (Å²) in [6.45, 7) is 2.71. The molecule has 2 amide bonds. The molecule has 0 aliphatic carbocycles. The van der Waals surface area contributed by atoms with Gasteiger partial charge >= 0.3 is 0 Å². The van der Waals surface area contributed by atoms with Crippen molar-refractivity contribution in [1.29, 1.82) is 0 Å². The van der Waals surface area contributed by atoms with E-state index in [2.05, 4.69) is 10.3 Å². The minimum absolute atomic E-state index is 0.123. The fourth-order valence-corrected chi connectivity index (χ4v) is 3.58. The first-order valence-corrected chi connectivity index (χ1v) is 9.91. The van der Waals surface area contributed by atoms with Gasteiger partial charge in [0.25, 0.3) is 5.91 Å². The third-order valence-electron chi connectivity index (χ3n) is 5.31. The monoisotopic (exact) mass is 388 g/mol. The Morgan fingerprint density at radius 1 is 1.03 bits per heavy atom. The van der Waals surface area contributed by atoms with Gasteiger partial charge in [0.2, 0.25) is 5.91 Å². The smallest absolute Gasteiger partial charge is 0.251 e. The molecule has 148 valence electrons. The highest BCUT2D eigenvalue weighted by molar-refractivity contribution is 5.97. The van der Waals surface area contributed by atoms with Crippen molar-refractivity contribution in [3.05, 3.63) is 78.4 Å². The van der Waals surface area contributed by atoms with Gasteiger partial charge in [-0.1, -0.05) is 12.1 Å². The number of hydrogen-bond acceptors (Lipinski definition) is 3. The van der Waals surface area contributed by atoms with Crippen molar-refractivity contribution in [2.75, 3.05) is 11.4 Å². The van der Waals surface area contributed by atoms with Gasteiger partial charge in [0.05, 0.1) is 12.4 Å². The van der Waals surface area contributed by atoms with Crippen molar-refractivity contribution in [2.45, 2.75) is 32.2 Å². The molecule has 1 aliphatic rings. The summed E-state index contributed by atoms with van der Waals surface area (Å²) < 4.78 is 1.93. The average molecular weight is 388 g/mol. The van der Waals surface area contributed by atoms with Crippen LogP contribution in [0.1, 0.15) is 48.1 Å². The number of hydrogen-bond donors (Lipinski definition) is 1. The summed E-state index contributed by atoms with van der Waals surface area (Å²) >= 11 is 0. The maximum atomic E-state index is 12.6. The third-order valence-corrected chi connectivity index (χ3v) is 5.31. The summed E-state index contributed by atoms with van der Waals surface area (Å²) in [5.41, 5.74) is 3.49. The van der Waals surface area contributed by atoms with Crippen LogP contribution in [0.25, 0.3) is 5.69 Å². The lowest BCUT2D eigenvalue weighted by Crippen LogP contribution is -2.35. The highest BCUT2D eigenvalue weighted by Crippen LogP contribution is 2.22. The number of anilines is 1. The van der Waals surface area contributed by atoms with Crippen molar-refractivity contribution in [2.24, 2.45) is 0 Å². The van der Waals surface area contributed by atoms with E-state index in [1.54, 1.807) is 29.6 Å². The van der Waals surface area contributed by atoms with Gasteiger partial charge in [-0.25, -0.2) is 4.98 Å². The zero-order chi connectivity index (χ0) is 20.2. The number of rotatable bonds is 5. The number of piperidine rings is 1. The van der Waals surface area contributed by atoms with Crippen LogP contribution in [0.2, 0.25) is 0 Å². The summed E-state index contributed by atoms with van der Waals surface area (Å²) in [4.78, 5) is 30.5. The second-order valence-corrected chi connectivity index (χ2v) is 7.31. The van der Waals surface area contributed by atoms with Crippen molar-refractivity contribution in [3.63, 3.8) is 0 Å². The van der Waals surface area contributed by atoms with Gasteiger partial charge in [-0.2, -0.15) is 0 Å². The van der Waals surface area contributed by atoms with Crippen molar-refractivity contribution in [1.82, 2.24) is 14.9 Å². The van der Waals surface area contributed by atoms with E-state index in [0.29, 0.717) is 12.0 Å². The molecule has 2 heterocycles. The summed E-state index contributed by atoms with van der Waals surface area (Å²) in [6, 6.07) is 15.2. The molecule has 0 spiro atoms. The Balaban J connectivity index is 1.40. The number of carbonyl (C=O) groups is 2. The lowest BCUT2D eigenvalue weighted by Gasteiger charge is -2.26. The molecule has 29 heavy (non-hydrogen) atoms. The Hall–Kier alpha value is -3.41. The Bertz CT molecular complexity index is 979. The van der Waals surface area contributed by atoms with Crippen LogP contribution >= 0.6 is 0 Å². The second kappa shape index (κ2) is 8.31. The number of nitrogens with zero attached hydrogens (tertiary/aromatic N) is 3. The summed E-state index contributed by atoms with van der Waals surface area (Å²) in [5.74, 6) is 0.0221. The van der Waals surface area contributed by atoms with Gasteiger partial charge in [-0.3, -0.25) is 9.59 Å². The van der Waals surface area contributed by atoms with Gasteiger partial charge in [0.1, 0.15) is 0 Å². The minimum Gasteiger partial charge on any atom is -0.346 e. The van der Waals surface area contributed by atoms with Crippen LogP contribution in [-0.2, 0) is 4.79 Å². The Morgan fingerprint density at radius 2 is 1.76 bits per heavy atom. The molecule has 0 radical (unpaired) electrons. The highest BCUT2D eigenvalue weighted by Gasteiger charge is 2.20. The number of amides is 2.